The van der Waals surface area contributed by atoms with Crippen LogP contribution in [0.15, 0.2) is 29.5 Å². The number of rotatable bonds is 5. The van der Waals surface area contributed by atoms with Crippen LogP contribution in [0.4, 0.5) is 5.69 Å². The molecule has 5 nitrogen and oxygen atoms in total. The zero-order valence-corrected chi connectivity index (χ0v) is 13.2. The van der Waals surface area contributed by atoms with E-state index in [1.54, 1.807) is 6.92 Å². The highest BCUT2D eigenvalue weighted by atomic mass is 16.5. The van der Waals surface area contributed by atoms with Gasteiger partial charge in [0.05, 0.1) is 26.2 Å². The zero-order valence-electron chi connectivity index (χ0n) is 13.2. The van der Waals surface area contributed by atoms with Crippen molar-refractivity contribution in [2.24, 2.45) is 0 Å². The Morgan fingerprint density at radius 1 is 1.14 bits per heavy atom. The van der Waals surface area contributed by atoms with E-state index in [9.17, 15) is 9.59 Å². The maximum Gasteiger partial charge on any atom is 0.336 e. The first kappa shape index (κ1) is 16.1. The van der Waals surface area contributed by atoms with Crippen molar-refractivity contribution in [3.05, 3.63) is 40.6 Å². The van der Waals surface area contributed by atoms with Crippen LogP contribution in [0, 0.1) is 0 Å². The molecule has 1 aliphatic carbocycles. The number of nitrogens with one attached hydrogen (secondary N) is 1. The van der Waals surface area contributed by atoms with Crippen LogP contribution >= 0.6 is 0 Å². The average molecular weight is 303 g/mol. The first-order valence-corrected chi connectivity index (χ1v) is 7.29. The number of anilines is 1. The van der Waals surface area contributed by atoms with Gasteiger partial charge in [-0.15, -0.1) is 0 Å². The number of carbonyl (C=O) groups excluding carboxylic acids is 2. The van der Waals surface area contributed by atoms with E-state index >= 15 is 0 Å². The fraction of sp³-hybridized carbons (Fsp3) is 0.412. The largest absolute Gasteiger partial charge is 0.469 e. The van der Waals surface area contributed by atoms with Gasteiger partial charge in [-0.1, -0.05) is 6.07 Å². The van der Waals surface area contributed by atoms with E-state index < -0.39 is 11.9 Å². The summed E-state index contributed by atoms with van der Waals surface area (Å²) < 4.78 is 9.37. The molecule has 0 bridgehead atoms. The number of allylic oxidation sites excluding steroid dienone is 1. The van der Waals surface area contributed by atoms with Gasteiger partial charge in [-0.25, -0.2) is 4.79 Å². The Bertz CT molecular complexity index is 619. The summed E-state index contributed by atoms with van der Waals surface area (Å²) in [4.78, 5) is 23.3. The molecule has 1 N–H and O–H groups in total. The molecule has 0 unspecified atom stereocenters. The molecule has 0 saturated heterocycles. The van der Waals surface area contributed by atoms with E-state index in [-0.39, 0.29) is 12.0 Å². The summed E-state index contributed by atoms with van der Waals surface area (Å²) in [5.74, 6) is -1.01. The van der Waals surface area contributed by atoms with Crippen LogP contribution in [-0.4, -0.2) is 26.2 Å². The van der Waals surface area contributed by atoms with Crippen LogP contribution in [0.25, 0.3) is 0 Å². The smallest absolute Gasteiger partial charge is 0.336 e. The number of hydrogen-bond acceptors (Lipinski definition) is 5. The maximum atomic E-state index is 11.9. The molecule has 5 heteroatoms. The SMILES string of the molecule is COC(=O)CC(C(=O)OC)=C(C)Nc1ccc2c(c1)CCC2. The van der Waals surface area contributed by atoms with Crippen molar-refractivity contribution in [2.75, 3.05) is 19.5 Å². The molecule has 1 aromatic carbocycles. The number of benzene rings is 1. The highest BCUT2D eigenvalue weighted by Crippen LogP contribution is 2.26. The Kier molecular flexibility index (Phi) is 5.20. The van der Waals surface area contributed by atoms with E-state index in [1.165, 1.54) is 31.8 Å². The summed E-state index contributed by atoms with van der Waals surface area (Å²) >= 11 is 0. The second kappa shape index (κ2) is 7.11. The van der Waals surface area contributed by atoms with Crippen molar-refractivity contribution in [2.45, 2.75) is 32.6 Å². The van der Waals surface area contributed by atoms with Crippen molar-refractivity contribution < 1.29 is 19.1 Å². The molecule has 118 valence electrons. The van der Waals surface area contributed by atoms with Crippen LogP contribution in [0.2, 0.25) is 0 Å². The fourth-order valence-electron chi connectivity index (χ4n) is 2.64. The molecule has 0 heterocycles. The van der Waals surface area contributed by atoms with Gasteiger partial charge in [0, 0.05) is 11.4 Å². The summed E-state index contributed by atoms with van der Waals surface area (Å²) in [6.07, 6.45) is 3.27. The molecular weight excluding hydrogens is 282 g/mol. The predicted octanol–water partition coefficient (Wildman–Crippen LogP) is 2.60. The number of fused-ring (bicyclic) bond motifs is 1. The molecule has 0 aliphatic heterocycles. The van der Waals surface area contributed by atoms with Crippen LogP contribution in [0.3, 0.4) is 0 Å². The Morgan fingerprint density at radius 2 is 1.86 bits per heavy atom. The molecule has 0 amide bonds. The number of hydrogen-bond donors (Lipinski definition) is 1. The summed E-state index contributed by atoms with van der Waals surface area (Å²) in [5.41, 5.74) is 4.50. The van der Waals surface area contributed by atoms with Gasteiger partial charge in [0.1, 0.15) is 0 Å². The summed E-state index contributed by atoms with van der Waals surface area (Å²) in [6.45, 7) is 1.75. The first-order valence-electron chi connectivity index (χ1n) is 7.29. The second-order valence-electron chi connectivity index (χ2n) is 5.31. The highest BCUT2D eigenvalue weighted by Gasteiger charge is 2.19. The molecule has 0 aromatic heterocycles. The van der Waals surface area contributed by atoms with Crippen molar-refractivity contribution in [3.63, 3.8) is 0 Å². The standard InChI is InChI=1S/C17H21NO4/c1-11(15(17(20)22-3)10-16(19)21-2)18-14-8-7-12-5-4-6-13(12)9-14/h7-9,18H,4-6,10H2,1-3H3. The molecule has 0 fully saturated rings. The van der Waals surface area contributed by atoms with Crippen LogP contribution in [0.1, 0.15) is 30.9 Å². The average Bonchev–Trinajstić information content (AvgIpc) is 2.99. The maximum absolute atomic E-state index is 11.9. The minimum Gasteiger partial charge on any atom is -0.469 e. The molecule has 0 spiro atoms. The van der Waals surface area contributed by atoms with E-state index in [0.717, 1.165) is 18.5 Å². The summed E-state index contributed by atoms with van der Waals surface area (Å²) in [6, 6.07) is 6.19. The monoisotopic (exact) mass is 303 g/mol. The van der Waals surface area contributed by atoms with Crippen LogP contribution < -0.4 is 5.32 Å². The Labute approximate surface area is 130 Å². The van der Waals surface area contributed by atoms with Crippen molar-refractivity contribution in [1.82, 2.24) is 0 Å². The van der Waals surface area contributed by atoms with Gasteiger partial charge in [0.2, 0.25) is 0 Å². The number of aryl methyl sites for hydroxylation is 2. The normalized spacial score (nSPS) is 14.0. The molecule has 22 heavy (non-hydrogen) atoms. The van der Waals surface area contributed by atoms with Crippen molar-refractivity contribution >= 4 is 17.6 Å². The van der Waals surface area contributed by atoms with Gasteiger partial charge in [0.25, 0.3) is 0 Å². The fourth-order valence-corrected chi connectivity index (χ4v) is 2.64. The first-order chi connectivity index (χ1) is 10.5. The number of esters is 2. The summed E-state index contributed by atoms with van der Waals surface area (Å²) in [5, 5.41) is 3.19. The quantitative estimate of drug-likeness (QED) is 0.669. The van der Waals surface area contributed by atoms with Crippen molar-refractivity contribution in [1.29, 1.82) is 0 Å². The second-order valence-corrected chi connectivity index (χ2v) is 5.31. The van der Waals surface area contributed by atoms with Gasteiger partial charge in [0.15, 0.2) is 0 Å². The minimum absolute atomic E-state index is 0.118. The van der Waals surface area contributed by atoms with Gasteiger partial charge in [-0.05, 0) is 49.4 Å². The van der Waals surface area contributed by atoms with Gasteiger partial charge >= 0.3 is 11.9 Å². The summed E-state index contributed by atoms with van der Waals surface area (Å²) in [7, 11) is 2.59. The third-order valence-corrected chi connectivity index (χ3v) is 3.86. The van der Waals surface area contributed by atoms with E-state index in [4.69, 9.17) is 4.74 Å². The molecule has 0 saturated carbocycles. The third kappa shape index (κ3) is 3.67. The molecule has 1 aromatic rings. The zero-order chi connectivity index (χ0) is 16.1. The predicted molar refractivity (Wildman–Crippen MR) is 83.4 cm³/mol. The minimum atomic E-state index is -0.531. The van der Waals surface area contributed by atoms with Crippen LogP contribution in [0.5, 0.6) is 0 Å². The van der Waals surface area contributed by atoms with Gasteiger partial charge in [-0.2, -0.15) is 0 Å². The van der Waals surface area contributed by atoms with Crippen molar-refractivity contribution in [3.8, 4) is 0 Å². The Morgan fingerprint density at radius 3 is 2.55 bits per heavy atom. The number of ether oxygens (including phenoxy) is 2. The third-order valence-electron chi connectivity index (χ3n) is 3.86. The van der Waals surface area contributed by atoms with E-state index in [2.05, 4.69) is 22.2 Å². The molecule has 2 rings (SSSR count). The molecule has 1 aliphatic rings. The van der Waals surface area contributed by atoms with E-state index in [1.807, 2.05) is 6.07 Å². The lowest BCUT2D eigenvalue weighted by Gasteiger charge is -2.13. The van der Waals surface area contributed by atoms with E-state index in [0.29, 0.717) is 5.70 Å². The van der Waals surface area contributed by atoms with Crippen LogP contribution in [-0.2, 0) is 31.9 Å². The molecule has 0 atom stereocenters. The number of carbonyl (C=O) groups is 2. The van der Waals surface area contributed by atoms with Gasteiger partial charge in [-0.3, -0.25) is 4.79 Å². The molecule has 0 radical (unpaired) electrons. The molecular formula is C17H21NO4. The lowest BCUT2D eigenvalue weighted by Crippen LogP contribution is -2.15. The topological polar surface area (TPSA) is 64.6 Å². The lowest BCUT2D eigenvalue weighted by molar-refractivity contribution is -0.143. The number of methoxy groups -OCH3 is 2. The van der Waals surface area contributed by atoms with Gasteiger partial charge < -0.3 is 14.8 Å². The highest BCUT2D eigenvalue weighted by molar-refractivity contribution is 5.95. The lowest BCUT2D eigenvalue weighted by atomic mass is 10.1. The Hall–Kier alpha value is -2.30. The Balaban J connectivity index is 2.22.